The molecule has 1 fully saturated rings. The molecule has 0 bridgehead atoms. The normalized spacial score (nSPS) is 15.7. The maximum absolute atomic E-state index is 9.07. The van der Waals surface area contributed by atoms with E-state index in [0.717, 1.165) is 34.1 Å². The van der Waals surface area contributed by atoms with Crippen LogP contribution in [0.5, 0.6) is 0 Å². The number of morpholine rings is 1. The van der Waals surface area contributed by atoms with E-state index in [0.29, 0.717) is 19.8 Å². The van der Waals surface area contributed by atoms with Gasteiger partial charge in [0.2, 0.25) is 5.28 Å². The molecule has 0 aliphatic carbocycles. The minimum absolute atomic E-state index is 0.119. The van der Waals surface area contributed by atoms with Crippen LogP contribution in [-0.2, 0) is 4.74 Å². The maximum Gasteiger partial charge on any atom is 0.224 e. The first-order chi connectivity index (χ1) is 10.2. The van der Waals surface area contributed by atoms with Crippen molar-refractivity contribution in [2.75, 3.05) is 56.3 Å². The van der Waals surface area contributed by atoms with E-state index in [-0.39, 0.29) is 11.9 Å². The smallest absolute Gasteiger partial charge is 0.224 e. The molecule has 1 aliphatic heterocycles. The number of nitrogens with zero attached hydrogens (tertiary/aromatic N) is 4. The van der Waals surface area contributed by atoms with Crippen molar-refractivity contribution in [3.05, 3.63) is 11.3 Å². The molecule has 1 aliphatic rings. The van der Waals surface area contributed by atoms with Gasteiger partial charge in [0.05, 0.1) is 35.0 Å². The van der Waals surface area contributed by atoms with Gasteiger partial charge in [-0.2, -0.15) is 4.98 Å². The lowest BCUT2D eigenvalue weighted by Crippen LogP contribution is -2.36. The summed E-state index contributed by atoms with van der Waals surface area (Å²) in [6.07, 6.45) is 0. The molecule has 3 rings (SSSR count). The summed E-state index contributed by atoms with van der Waals surface area (Å²) in [5, 5.41) is 10.4. The van der Waals surface area contributed by atoms with Gasteiger partial charge in [0.25, 0.3) is 0 Å². The lowest BCUT2D eigenvalue weighted by molar-refractivity contribution is 0.122. The highest BCUT2D eigenvalue weighted by Gasteiger charge is 2.19. The quantitative estimate of drug-likeness (QED) is 0.860. The summed E-state index contributed by atoms with van der Waals surface area (Å²) in [4.78, 5) is 12.9. The Bertz CT molecular complexity index is 630. The van der Waals surface area contributed by atoms with Gasteiger partial charge in [-0.3, -0.25) is 0 Å². The predicted molar refractivity (Wildman–Crippen MR) is 85.8 cm³/mol. The number of ether oxygens (including phenoxy) is 1. The minimum Gasteiger partial charge on any atom is -0.395 e. The van der Waals surface area contributed by atoms with Crippen LogP contribution in [0.3, 0.4) is 0 Å². The summed E-state index contributed by atoms with van der Waals surface area (Å²) in [7, 11) is 1.95. The fourth-order valence-corrected chi connectivity index (χ4v) is 3.59. The third kappa shape index (κ3) is 3.06. The van der Waals surface area contributed by atoms with E-state index in [4.69, 9.17) is 21.4 Å². The monoisotopic (exact) mass is 328 g/mol. The molecular formula is C13H17ClN4O2S. The molecule has 0 aromatic carbocycles. The Balaban J connectivity index is 2.02. The molecule has 0 unspecified atom stereocenters. The van der Waals surface area contributed by atoms with Crippen LogP contribution in [0.4, 0.5) is 10.8 Å². The molecule has 2 aromatic rings. The van der Waals surface area contributed by atoms with Crippen molar-refractivity contribution in [2.45, 2.75) is 0 Å². The molecule has 0 radical (unpaired) electrons. The topological polar surface area (TPSA) is 61.7 Å². The molecule has 1 N–H and O–H groups in total. The van der Waals surface area contributed by atoms with Crippen LogP contribution < -0.4 is 9.80 Å². The number of likely N-dealkylation sites (N-methyl/N-ethyl adjacent to an activating group) is 1. The Morgan fingerprint density at radius 2 is 2.19 bits per heavy atom. The molecule has 6 nitrogen and oxygen atoms in total. The number of rotatable bonds is 4. The first kappa shape index (κ1) is 14.8. The lowest BCUT2D eigenvalue weighted by atomic mass is 10.3. The fraction of sp³-hybridized carbons (Fsp3) is 0.538. The highest BCUT2D eigenvalue weighted by Crippen LogP contribution is 2.37. The Morgan fingerprint density at radius 1 is 1.43 bits per heavy atom. The van der Waals surface area contributed by atoms with Crippen LogP contribution in [0.2, 0.25) is 5.28 Å². The molecular weight excluding hydrogens is 312 g/mol. The molecule has 2 aromatic heterocycles. The Morgan fingerprint density at radius 3 is 2.90 bits per heavy atom. The van der Waals surface area contributed by atoms with Gasteiger partial charge in [0.15, 0.2) is 5.82 Å². The van der Waals surface area contributed by atoms with Crippen LogP contribution in [0.15, 0.2) is 6.07 Å². The molecule has 3 heterocycles. The highest BCUT2D eigenvalue weighted by molar-refractivity contribution is 7.23. The minimum atomic E-state index is 0.119. The van der Waals surface area contributed by atoms with E-state index >= 15 is 0 Å². The van der Waals surface area contributed by atoms with Crippen LogP contribution >= 0.6 is 22.9 Å². The Labute approximate surface area is 131 Å². The van der Waals surface area contributed by atoms with Crippen molar-refractivity contribution in [3.63, 3.8) is 0 Å². The highest BCUT2D eigenvalue weighted by atomic mass is 35.5. The standard InChI is InChI=1S/C13H17ClN4O2S/c1-17(2-5-19)10-8-9-11(21-10)12(16-13(14)15-9)18-3-6-20-7-4-18/h8,19H,2-7H2,1H3. The van der Waals surface area contributed by atoms with Crippen molar-refractivity contribution >= 4 is 44.0 Å². The van der Waals surface area contributed by atoms with E-state index < -0.39 is 0 Å². The molecule has 8 heteroatoms. The van der Waals surface area contributed by atoms with Gasteiger partial charge in [0.1, 0.15) is 0 Å². The molecule has 21 heavy (non-hydrogen) atoms. The van der Waals surface area contributed by atoms with Gasteiger partial charge in [-0.1, -0.05) is 0 Å². The average molecular weight is 329 g/mol. The number of hydrogen-bond donors (Lipinski definition) is 1. The van der Waals surface area contributed by atoms with Gasteiger partial charge < -0.3 is 19.6 Å². The number of thiophene rings is 1. The number of aliphatic hydroxyl groups is 1. The maximum atomic E-state index is 9.07. The second kappa shape index (κ2) is 6.31. The molecule has 0 spiro atoms. The van der Waals surface area contributed by atoms with E-state index in [2.05, 4.69) is 14.9 Å². The van der Waals surface area contributed by atoms with Crippen molar-refractivity contribution < 1.29 is 9.84 Å². The van der Waals surface area contributed by atoms with Crippen LogP contribution in [-0.4, -0.2) is 61.6 Å². The fourth-order valence-electron chi connectivity index (χ4n) is 2.31. The number of hydrogen-bond acceptors (Lipinski definition) is 7. The summed E-state index contributed by atoms with van der Waals surface area (Å²) in [6.45, 7) is 3.72. The van der Waals surface area contributed by atoms with E-state index in [9.17, 15) is 0 Å². The van der Waals surface area contributed by atoms with Gasteiger partial charge in [-0.25, -0.2) is 4.98 Å². The van der Waals surface area contributed by atoms with E-state index in [1.54, 1.807) is 11.3 Å². The average Bonchev–Trinajstić information content (AvgIpc) is 2.91. The molecule has 114 valence electrons. The Hall–Kier alpha value is -1.15. The van der Waals surface area contributed by atoms with Gasteiger partial charge in [-0.15, -0.1) is 11.3 Å². The second-order valence-corrected chi connectivity index (χ2v) is 6.23. The zero-order valence-corrected chi connectivity index (χ0v) is 13.3. The zero-order chi connectivity index (χ0) is 14.8. The first-order valence-electron chi connectivity index (χ1n) is 6.81. The summed E-state index contributed by atoms with van der Waals surface area (Å²) < 4.78 is 6.42. The van der Waals surface area contributed by atoms with E-state index in [1.165, 1.54) is 0 Å². The second-order valence-electron chi connectivity index (χ2n) is 4.86. The van der Waals surface area contributed by atoms with Crippen molar-refractivity contribution in [1.29, 1.82) is 0 Å². The molecule has 0 atom stereocenters. The summed E-state index contributed by atoms with van der Waals surface area (Å²) in [5.74, 6) is 0.877. The van der Waals surface area contributed by atoms with E-state index in [1.807, 2.05) is 18.0 Å². The summed E-state index contributed by atoms with van der Waals surface area (Å²) >= 11 is 7.69. The first-order valence-corrected chi connectivity index (χ1v) is 8.00. The van der Waals surface area contributed by atoms with Gasteiger partial charge in [-0.05, 0) is 17.7 Å². The molecule has 1 saturated heterocycles. The predicted octanol–water partition coefficient (Wildman–Crippen LogP) is 1.61. The van der Waals surface area contributed by atoms with Crippen LogP contribution in [0.1, 0.15) is 0 Å². The van der Waals surface area contributed by atoms with Crippen molar-refractivity contribution in [2.24, 2.45) is 0 Å². The SMILES string of the molecule is CN(CCO)c1cc2nc(Cl)nc(N3CCOCC3)c2s1. The summed E-state index contributed by atoms with van der Waals surface area (Å²) in [6, 6.07) is 1.99. The summed E-state index contributed by atoms with van der Waals surface area (Å²) in [5.41, 5.74) is 0.848. The third-order valence-electron chi connectivity index (χ3n) is 3.44. The van der Waals surface area contributed by atoms with Crippen LogP contribution in [0, 0.1) is 0 Å². The number of aliphatic hydroxyl groups excluding tert-OH is 1. The van der Waals surface area contributed by atoms with Gasteiger partial charge in [0, 0.05) is 26.7 Å². The van der Waals surface area contributed by atoms with Crippen molar-refractivity contribution in [3.8, 4) is 0 Å². The Kier molecular flexibility index (Phi) is 4.44. The lowest BCUT2D eigenvalue weighted by Gasteiger charge is -2.28. The van der Waals surface area contributed by atoms with Gasteiger partial charge >= 0.3 is 0 Å². The number of halogens is 1. The number of fused-ring (bicyclic) bond motifs is 1. The molecule has 0 saturated carbocycles. The third-order valence-corrected chi connectivity index (χ3v) is 4.84. The zero-order valence-electron chi connectivity index (χ0n) is 11.8. The van der Waals surface area contributed by atoms with Crippen molar-refractivity contribution in [1.82, 2.24) is 9.97 Å². The van der Waals surface area contributed by atoms with Crippen LogP contribution in [0.25, 0.3) is 10.2 Å². The molecule has 0 amide bonds. The number of aromatic nitrogens is 2. The largest absolute Gasteiger partial charge is 0.395 e. The number of anilines is 2.